The fourth-order valence-electron chi connectivity index (χ4n) is 3.39. The molecule has 5 nitrogen and oxygen atoms in total. The van der Waals surface area contributed by atoms with Crippen LogP contribution in [0.15, 0.2) is 65.7 Å². The predicted octanol–water partition coefficient (Wildman–Crippen LogP) is 4.52. The summed E-state index contributed by atoms with van der Waals surface area (Å²) in [5, 5.41) is 7.23. The van der Waals surface area contributed by atoms with E-state index in [-0.39, 0.29) is 24.5 Å². The van der Waals surface area contributed by atoms with Crippen LogP contribution < -0.4 is 5.32 Å². The third-order valence-corrected chi connectivity index (χ3v) is 5.64. The van der Waals surface area contributed by atoms with E-state index in [0.29, 0.717) is 17.9 Å². The minimum Gasteiger partial charge on any atom is -0.377 e. The van der Waals surface area contributed by atoms with Crippen molar-refractivity contribution in [3.8, 4) is 0 Å². The van der Waals surface area contributed by atoms with Gasteiger partial charge in [-0.2, -0.15) is 0 Å². The molecule has 148 valence electrons. The topological polar surface area (TPSA) is 58.6 Å². The third kappa shape index (κ3) is 3.81. The van der Waals surface area contributed by atoms with Gasteiger partial charge in [0.2, 0.25) is 0 Å². The largest absolute Gasteiger partial charge is 0.377 e. The maximum absolute atomic E-state index is 13.2. The van der Waals surface area contributed by atoms with Crippen LogP contribution in [0.4, 0.5) is 5.69 Å². The number of thiophene rings is 1. The molecule has 29 heavy (non-hydrogen) atoms. The first-order valence-corrected chi connectivity index (χ1v) is 10.4. The van der Waals surface area contributed by atoms with Gasteiger partial charge in [-0.3, -0.25) is 14.5 Å². The van der Waals surface area contributed by atoms with Crippen LogP contribution >= 0.6 is 11.3 Å². The van der Waals surface area contributed by atoms with Crippen LogP contribution in [0.3, 0.4) is 0 Å². The average Bonchev–Trinajstić information content (AvgIpc) is 3.31. The highest BCUT2D eigenvalue weighted by Crippen LogP contribution is 2.34. The van der Waals surface area contributed by atoms with Gasteiger partial charge in [0.25, 0.3) is 11.8 Å². The van der Waals surface area contributed by atoms with E-state index in [1.54, 1.807) is 0 Å². The van der Waals surface area contributed by atoms with Crippen molar-refractivity contribution in [2.24, 2.45) is 0 Å². The summed E-state index contributed by atoms with van der Waals surface area (Å²) >= 11 is 1.45. The minimum atomic E-state index is -0.321. The molecule has 1 aliphatic heterocycles. The molecular formula is C23H22N2O3S. The van der Waals surface area contributed by atoms with Crippen molar-refractivity contribution < 1.29 is 14.3 Å². The van der Waals surface area contributed by atoms with E-state index in [9.17, 15) is 9.59 Å². The van der Waals surface area contributed by atoms with E-state index in [2.05, 4.69) is 5.32 Å². The van der Waals surface area contributed by atoms with Gasteiger partial charge in [-0.05, 0) is 36.7 Å². The fourth-order valence-corrected chi connectivity index (χ4v) is 4.16. The van der Waals surface area contributed by atoms with Gasteiger partial charge in [-0.25, -0.2) is 0 Å². The second-order valence-electron chi connectivity index (χ2n) is 7.06. The molecule has 0 radical (unpaired) electrons. The van der Waals surface area contributed by atoms with Crippen molar-refractivity contribution in [1.29, 1.82) is 0 Å². The van der Waals surface area contributed by atoms with Gasteiger partial charge >= 0.3 is 0 Å². The van der Waals surface area contributed by atoms with E-state index in [4.69, 9.17) is 4.74 Å². The van der Waals surface area contributed by atoms with Crippen molar-refractivity contribution in [1.82, 2.24) is 4.90 Å². The van der Waals surface area contributed by atoms with Crippen molar-refractivity contribution in [2.45, 2.75) is 20.0 Å². The van der Waals surface area contributed by atoms with Crippen molar-refractivity contribution in [2.75, 3.05) is 18.5 Å². The Morgan fingerprint density at radius 1 is 1.00 bits per heavy atom. The van der Waals surface area contributed by atoms with Crippen LogP contribution in [0.5, 0.6) is 0 Å². The van der Waals surface area contributed by atoms with Crippen LogP contribution in [0.2, 0.25) is 0 Å². The van der Waals surface area contributed by atoms with Gasteiger partial charge in [-0.15, -0.1) is 11.3 Å². The Morgan fingerprint density at radius 2 is 1.79 bits per heavy atom. The number of fused-ring (bicyclic) bond motifs is 1. The number of ether oxygens (including phenoxy) is 1. The number of carbonyl (C=O) groups is 2. The molecule has 4 rings (SSSR count). The lowest BCUT2D eigenvalue weighted by molar-refractivity contribution is -0.137. The Kier molecular flexibility index (Phi) is 5.47. The van der Waals surface area contributed by atoms with Crippen molar-refractivity contribution in [3.05, 3.63) is 70.6 Å². The zero-order valence-electron chi connectivity index (χ0n) is 16.3. The Bertz CT molecular complexity index is 1080. The number of rotatable bonds is 7. The Morgan fingerprint density at radius 3 is 2.55 bits per heavy atom. The van der Waals surface area contributed by atoms with Gasteiger partial charge in [0.1, 0.15) is 5.70 Å². The molecule has 1 aliphatic rings. The van der Waals surface area contributed by atoms with Gasteiger partial charge in [-0.1, -0.05) is 42.5 Å². The zero-order valence-corrected chi connectivity index (χ0v) is 17.2. The fraction of sp³-hybridized carbons (Fsp3) is 0.217. The smallest absolute Gasteiger partial charge is 0.278 e. The first-order chi connectivity index (χ1) is 14.1. The lowest BCUT2D eigenvalue weighted by Crippen LogP contribution is -2.35. The highest BCUT2D eigenvalue weighted by molar-refractivity contribution is 7.11. The number of hydrogen-bond donors (Lipinski definition) is 1. The van der Waals surface area contributed by atoms with E-state index in [0.717, 1.165) is 21.3 Å². The number of nitrogens with zero attached hydrogens (tertiary/aromatic N) is 1. The molecule has 0 bridgehead atoms. The molecule has 2 heterocycles. The van der Waals surface area contributed by atoms with Crippen LogP contribution in [-0.4, -0.2) is 36.0 Å². The van der Waals surface area contributed by atoms with Gasteiger partial charge in [0.05, 0.1) is 24.8 Å². The van der Waals surface area contributed by atoms with Crippen LogP contribution in [0.1, 0.15) is 18.7 Å². The minimum absolute atomic E-state index is 0.0424. The lowest BCUT2D eigenvalue weighted by atomic mass is 10.1. The molecule has 2 aromatic carbocycles. The summed E-state index contributed by atoms with van der Waals surface area (Å²) in [5.74, 6) is -0.605. The van der Waals surface area contributed by atoms with Crippen molar-refractivity contribution in [3.63, 3.8) is 0 Å². The summed E-state index contributed by atoms with van der Waals surface area (Å²) in [6.45, 7) is 4.40. The van der Waals surface area contributed by atoms with Gasteiger partial charge in [0.15, 0.2) is 0 Å². The molecular weight excluding hydrogens is 384 g/mol. The molecule has 0 saturated carbocycles. The SMILES string of the molecule is CC(C)OCCN1C(=O)C(Nc2cccc3ccccc23)=C(c2cccs2)C1=O. The van der Waals surface area contributed by atoms with Gasteiger partial charge in [0, 0.05) is 16.0 Å². The van der Waals surface area contributed by atoms with Gasteiger partial charge < -0.3 is 10.1 Å². The standard InChI is InChI=1S/C23H22N2O3S/c1-15(2)28-13-12-25-22(26)20(19-11-6-14-29-19)21(23(25)27)24-18-10-5-8-16-7-3-4-9-17(16)18/h3-11,14-15,24H,12-13H2,1-2H3. The molecule has 0 atom stereocenters. The van der Waals surface area contributed by atoms with E-state index in [1.807, 2.05) is 73.8 Å². The summed E-state index contributed by atoms with van der Waals surface area (Å²) in [6.07, 6.45) is 0.0424. The van der Waals surface area contributed by atoms with E-state index < -0.39 is 0 Å². The second kappa shape index (κ2) is 8.19. The molecule has 0 saturated heterocycles. The number of carbonyl (C=O) groups excluding carboxylic acids is 2. The summed E-state index contributed by atoms with van der Waals surface area (Å²) in [7, 11) is 0. The number of amides is 2. The highest BCUT2D eigenvalue weighted by atomic mass is 32.1. The van der Waals surface area contributed by atoms with Crippen molar-refractivity contribution >= 4 is 45.2 Å². The number of nitrogens with one attached hydrogen (secondary N) is 1. The Balaban J connectivity index is 1.71. The maximum Gasteiger partial charge on any atom is 0.278 e. The summed E-state index contributed by atoms with van der Waals surface area (Å²) in [6, 6.07) is 17.6. The average molecular weight is 407 g/mol. The number of hydrogen-bond acceptors (Lipinski definition) is 5. The predicted molar refractivity (Wildman–Crippen MR) is 117 cm³/mol. The van der Waals surface area contributed by atoms with Crippen LogP contribution in [0, 0.1) is 0 Å². The first kappa shape index (κ1) is 19.4. The van der Waals surface area contributed by atoms with Crippen LogP contribution in [0.25, 0.3) is 16.3 Å². The monoisotopic (exact) mass is 406 g/mol. The highest BCUT2D eigenvalue weighted by Gasteiger charge is 2.39. The summed E-state index contributed by atoms with van der Waals surface area (Å²) in [5.41, 5.74) is 1.54. The molecule has 0 unspecified atom stereocenters. The normalized spacial score (nSPS) is 14.5. The molecule has 0 aliphatic carbocycles. The quantitative estimate of drug-likeness (QED) is 0.586. The molecule has 0 spiro atoms. The summed E-state index contributed by atoms with van der Waals surface area (Å²) in [4.78, 5) is 28.3. The lowest BCUT2D eigenvalue weighted by Gasteiger charge is -2.16. The zero-order chi connectivity index (χ0) is 20.4. The molecule has 3 aromatic rings. The van der Waals surface area contributed by atoms with Crippen LogP contribution in [-0.2, 0) is 14.3 Å². The molecule has 0 fully saturated rings. The third-order valence-electron chi connectivity index (χ3n) is 4.75. The molecule has 1 aromatic heterocycles. The molecule has 6 heteroatoms. The van der Waals surface area contributed by atoms with E-state index in [1.165, 1.54) is 16.2 Å². The maximum atomic E-state index is 13.2. The second-order valence-corrected chi connectivity index (χ2v) is 8.01. The van der Waals surface area contributed by atoms with E-state index >= 15 is 0 Å². The molecule has 2 amide bonds. The Labute approximate surface area is 173 Å². The number of anilines is 1. The summed E-state index contributed by atoms with van der Waals surface area (Å²) < 4.78 is 5.56. The number of imide groups is 1. The number of benzene rings is 2. The Hall–Kier alpha value is -2.96. The first-order valence-electron chi connectivity index (χ1n) is 9.57. The molecule has 1 N–H and O–H groups in total.